The molecule has 2 rings (SSSR count). The maximum absolute atomic E-state index is 12.2. The smallest absolute Gasteiger partial charge is 0.260 e. The number of nitrogens with two attached hydrogens (primary N) is 1. The molecule has 2 heterocycles. The summed E-state index contributed by atoms with van der Waals surface area (Å²) < 4.78 is 0. The highest BCUT2D eigenvalue weighted by molar-refractivity contribution is 6.08. The summed E-state index contributed by atoms with van der Waals surface area (Å²) >= 11 is 0. The summed E-state index contributed by atoms with van der Waals surface area (Å²) in [5.74, 6) is -1.33. The number of nitrogens with zero attached hydrogens (tertiary/aromatic N) is 2. The minimum Gasteiger partial charge on any atom is -0.383 e. The lowest BCUT2D eigenvalue weighted by Gasteiger charge is -2.33. The van der Waals surface area contributed by atoms with E-state index in [9.17, 15) is 14.4 Å². The lowest BCUT2D eigenvalue weighted by molar-refractivity contribution is -0.138. The topological polar surface area (TPSA) is 121 Å². The molecule has 4 N–H and O–H groups in total. The molecule has 8 heteroatoms. The zero-order valence-electron chi connectivity index (χ0n) is 9.77. The van der Waals surface area contributed by atoms with Crippen LogP contribution in [-0.4, -0.2) is 45.4 Å². The van der Waals surface area contributed by atoms with Gasteiger partial charge < -0.3 is 10.6 Å². The second-order valence-corrected chi connectivity index (χ2v) is 3.97. The zero-order valence-corrected chi connectivity index (χ0v) is 9.77. The Morgan fingerprint density at radius 2 is 2.33 bits per heavy atom. The van der Waals surface area contributed by atoms with Gasteiger partial charge in [-0.25, -0.2) is 0 Å². The van der Waals surface area contributed by atoms with Crippen LogP contribution in [0.2, 0.25) is 0 Å². The Labute approximate surface area is 103 Å². The molecule has 0 aliphatic carbocycles. The Hall–Kier alpha value is -2.38. The van der Waals surface area contributed by atoms with Crippen LogP contribution in [-0.2, 0) is 9.59 Å². The molecule has 1 aliphatic heterocycles. The SMILES string of the molecule is CCC1C(=O)NC(=O)CN1C(=O)c1cn[nH]c1N. The number of carbonyl (C=O) groups excluding carboxylic acids is 3. The third-order valence-electron chi connectivity index (χ3n) is 2.80. The second-order valence-electron chi connectivity index (χ2n) is 3.97. The van der Waals surface area contributed by atoms with Gasteiger partial charge in [0.25, 0.3) is 5.91 Å². The molecule has 8 nitrogen and oxygen atoms in total. The fraction of sp³-hybridized carbons (Fsp3) is 0.400. The van der Waals surface area contributed by atoms with Gasteiger partial charge in [-0.2, -0.15) is 5.10 Å². The molecule has 0 spiro atoms. The molecule has 3 amide bonds. The average Bonchev–Trinajstić information content (AvgIpc) is 2.73. The van der Waals surface area contributed by atoms with Crippen molar-refractivity contribution in [2.75, 3.05) is 12.3 Å². The van der Waals surface area contributed by atoms with Crippen LogP contribution >= 0.6 is 0 Å². The number of hydrogen-bond acceptors (Lipinski definition) is 5. The van der Waals surface area contributed by atoms with Crippen molar-refractivity contribution in [1.29, 1.82) is 0 Å². The van der Waals surface area contributed by atoms with Gasteiger partial charge in [-0.05, 0) is 6.42 Å². The van der Waals surface area contributed by atoms with E-state index in [0.29, 0.717) is 6.42 Å². The van der Waals surface area contributed by atoms with Crippen LogP contribution in [0.1, 0.15) is 23.7 Å². The van der Waals surface area contributed by atoms with E-state index < -0.39 is 23.8 Å². The van der Waals surface area contributed by atoms with Crippen molar-refractivity contribution in [1.82, 2.24) is 20.4 Å². The summed E-state index contributed by atoms with van der Waals surface area (Å²) in [5.41, 5.74) is 5.72. The predicted molar refractivity (Wildman–Crippen MR) is 61.3 cm³/mol. The third kappa shape index (κ3) is 1.92. The van der Waals surface area contributed by atoms with Gasteiger partial charge in [0.15, 0.2) is 0 Å². The van der Waals surface area contributed by atoms with Gasteiger partial charge in [-0.1, -0.05) is 6.92 Å². The highest BCUT2D eigenvalue weighted by Crippen LogP contribution is 2.16. The van der Waals surface area contributed by atoms with Gasteiger partial charge in [0.1, 0.15) is 24.0 Å². The molecule has 18 heavy (non-hydrogen) atoms. The number of nitrogen functional groups attached to an aromatic ring is 1. The average molecular weight is 251 g/mol. The van der Waals surface area contributed by atoms with Crippen LogP contribution in [0.4, 0.5) is 5.82 Å². The third-order valence-corrected chi connectivity index (χ3v) is 2.80. The van der Waals surface area contributed by atoms with Crippen molar-refractivity contribution in [3.8, 4) is 0 Å². The summed E-state index contributed by atoms with van der Waals surface area (Å²) in [4.78, 5) is 36.4. The highest BCUT2D eigenvalue weighted by atomic mass is 16.2. The maximum Gasteiger partial charge on any atom is 0.260 e. The molecule has 1 aromatic rings. The first-order chi connectivity index (χ1) is 8.54. The molecule has 0 aromatic carbocycles. The van der Waals surface area contributed by atoms with Crippen LogP contribution in [0, 0.1) is 0 Å². The Morgan fingerprint density at radius 1 is 1.61 bits per heavy atom. The molecule has 0 saturated carbocycles. The number of piperazine rings is 1. The number of anilines is 1. The first-order valence-electron chi connectivity index (χ1n) is 5.48. The Kier molecular flexibility index (Phi) is 3.00. The first kappa shape index (κ1) is 12.1. The van der Waals surface area contributed by atoms with Crippen LogP contribution in [0.15, 0.2) is 6.20 Å². The number of hydrogen-bond donors (Lipinski definition) is 3. The molecule has 1 atom stereocenters. The second kappa shape index (κ2) is 4.47. The molecular weight excluding hydrogens is 238 g/mol. The fourth-order valence-corrected chi connectivity index (χ4v) is 1.91. The number of H-pyrrole nitrogens is 1. The van der Waals surface area contributed by atoms with E-state index in [0.717, 1.165) is 0 Å². The number of imide groups is 1. The zero-order chi connectivity index (χ0) is 13.3. The number of aromatic nitrogens is 2. The van der Waals surface area contributed by atoms with Crippen molar-refractivity contribution in [2.45, 2.75) is 19.4 Å². The largest absolute Gasteiger partial charge is 0.383 e. The maximum atomic E-state index is 12.2. The van der Waals surface area contributed by atoms with Gasteiger partial charge in [-0.3, -0.25) is 24.8 Å². The summed E-state index contributed by atoms with van der Waals surface area (Å²) in [7, 11) is 0. The Bertz CT molecular complexity index is 509. The van der Waals surface area contributed by atoms with Gasteiger partial charge in [0.05, 0.1) is 6.20 Å². The summed E-state index contributed by atoms with van der Waals surface area (Å²) in [6, 6.07) is -0.663. The minimum atomic E-state index is -0.663. The molecule has 1 unspecified atom stereocenters. The fourth-order valence-electron chi connectivity index (χ4n) is 1.91. The molecule has 1 aliphatic rings. The minimum absolute atomic E-state index is 0.119. The molecule has 1 aromatic heterocycles. The number of amides is 3. The molecule has 1 saturated heterocycles. The van der Waals surface area contributed by atoms with E-state index in [1.807, 2.05) is 0 Å². The summed E-state index contributed by atoms with van der Waals surface area (Å²) in [6.45, 7) is 1.60. The van der Waals surface area contributed by atoms with Crippen molar-refractivity contribution in [3.05, 3.63) is 11.8 Å². The Morgan fingerprint density at radius 3 is 2.89 bits per heavy atom. The highest BCUT2D eigenvalue weighted by Gasteiger charge is 2.36. The van der Waals surface area contributed by atoms with Gasteiger partial charge in [0, 0.05) is 0 Å². The summed E-state index contributed by atoms with van der Waals surface area (Å²) in [6.07, 6.45) is 1.70. The number of carbonyl (C=O) groups is 3. The normalized spacial score (nSPS) is 19.8. The van der Waals surface area contributed by atoms with Crippen molar-refractivity contribution in [2.24, 2.45) is 0 Å². The van der Waals surface area contributed by atoms with E-state index in [2.05, 4.69) is 15.5 Å². The van der Waals surface area contributed by atoms with E-state index in [-0.39, 0.29) is 17.9 Å². The lowest BCUT2D eigenvalue weighted by Crippen LogP contribution is -2.59. The molecule has 0 radical (unpaired) electrons. The molecule has 0 bridgehead atoms. The number of aromatic amines is 1. The van der Waals surface area contributed by atoms with E-state index in [1.54, 1.807) is 6.92 Å². The molecule has 1 fully saturated rings. The number of rotatable bonds is 2. The Balaban J connectivity index is 2.30. The van der Waals surface area contributed by atoms with Gasteiger partial charge >= 0.3 is 0 Å². The monoisotopic (exact) mass is 251 g/mol. The summed E-state index contributed by atoms with van der Waals surface area (Å²) in [5, 5.41) is 8.28. The molecule has 96 valence electrons. The van der Waals surface area contributed by atoms with Crippen LogP contribution in [0.3, 0.4) is 0 Å². The van der Waals surface area contributed by atoms with Crippen molar-refractivity contribution in [3.63, 3.8) is 0 Å². The molecular formula is C10H13N5O3. The quantitative estimate of drug-likeness (QED) is 0.574. The van der Waals surface area contributed by atoms with E-state index >= 15 is 0 Å². The van der Waals surface area contributed by atoms with Crippen LogP contribution < -0.4 is 11.1 Å². The predicted octanol–water partition coefficient (Wildman–Crippen LogP) is -1.13. The van der Waals surface area contributed by atoms with Gasteiger partial charge in [0.2, 0.25) is 11.8 Å². The van der Waals surface area contributed by atoms with E-state index in [4.69, 9.17) is 5.73 Å². The van der Waals surface area contributed by atoms with Crippen LogP contribution in [0.25, 0.3) is 0 Å². The lowest BCUT2D eigenvalue weighted by atomic mass is 10.1. The van der Waals surface area contributed by atoms with Crippen molar-refractivity contribution >= 4 is 23.5 Å². The number of nitrogens with one attached hydrogen (secondary N) is 2. The van der Waals surface area contributed by atoms with Gasteiger partial charge in [-0.15, -0.1) is 0 Å². The standard InChI is InChI=1S/C10H13N5O3/c1-2-6-9(17)13-7(16)4-15(6)10(18)5-3-12-14-8(5)11/h3,6H,2,4H2,1H3,(H3,11,12,14)(H,13,16,17). The first-order valence-corrected chi connectivity index (χ1v) is 5.48. The van der Waals surface area contributed by atoms with Crippen LogP contribution in [0.5, 0.6) is 0 Å². The van der Waals surface area contributed by atoms with Crippen molar-refractivity contribution < 1.29 is 14.4 Å². The van der Waals surface area contributed by atoms with E-state index in [1.165, 1.54) is 11.1 Å².